The molecule has 2 aliphatic rings. The number of likely N-dealkylation sites (tertiary alicyclic amines) is 1. The van der Waals surface area contributed by atoms with Crippen molar-refractivity contribution in [2.24, 2.45) is 5.41 Å². The third-order valence-corrected chi connectivity index (χ3v) is 2.96. The predicted molar refractivity (Wildman–Crippen MR) is 76.1 cm³/mol. The summed E-state index contributed by atoms with van der Waals surface area (Å²) in [4.78, 5) is 2.45. The molecule has 2 nitrogen and oxygen atoms in total. The highest BCUT2D eigenvalue weighted by atomic mass is 15.1. The minimum Gasteiger partial charge on any atom is -0.316 e. The summed E-state index contributed by atoms with van der Waals surface area (Å²) in [5, 5.41) is 3.45. The number of nitrogens with one attached hydrogen (secondary N) is 1. The van der Waals surface area contributed by atoms with Crippen molar-refractivity contribution < 1.29 is 0 Å². The van der Waals surface area contributed by atoms with E-state index in [0.29, 0.717) is 5.41 Å². The molecule has 2 aliphatic heterocycles. The zero-order chi connectivity index (χ0) is 13.0. The van der Waals surface area contributed by atoms with Gasteiger partial charge in [-0.2, -0.15) is 0 Å². The van der Waals surface area contributed by atoms with Crippen molar-refractivity contribution in [1.82, 2.24) is 10.2 Å². The molecule has 2 rings (SSSR count). The molecule has 0 bridgehead atoms. The fraction of sp³-hybridized carbons (Fsp3) is 1.00. The normalized spacial score (nSPS) is 27.2. The highest BCUT2D eigenvalue weighted by Crippen LogP contribution is 2.34. The monoisotopic (exact) mass is 230 g/mol. The van der Waals surface area contributed by atoms with Gasteiger partial charge in [-0.1, -0.05) is 41.5 Å². The van der Waals surface area contributed by atoms with Crippen LogP contribution in [0.5, 0.6) is 0 Å². The molecule has 2 fully saturated rings. The van der Waals surface area contributed by atoms with Gasteiger partial charge in [0.25, 0.3) is 0 Å². The Hall–Kier alpha value is -0.0800. The van der Waals surface area contributed by atoms with Crippen molar-refractivity contribution in [3.63, 3.8) is 0 Å². The minimum absolute atomic E-state index is 0.675. The van der Waals surface area contributed by atoms with Gasteiger partial charge < -0.3 is 10.2 Å². The molecule has 0 radical (unpaired) electrons. The molecule has 0 aromatic rings. The van der Waals surface area contributed by atoms with Gasteiger partial charge in [-0.05, 0) is 38.4 Å². The maximum Gasteiger partial charge on any atom is 0.00481 e. The molecule has 1 spiro atoms. The van der Waals surface area contributed by atoms with Crippen LogP contribution in [0.2, 0.25) is 0 Å². The second-order valence-corrected chi connectivity index (χ2v) is 3.91. The van der Waals surface area contributed by atoms with Gasteiger partial charge in [0.15, 0.2) is 0 Å². The van der Waals surface area contributed by atoms with Crippen LogP contribution < -0.4 is 5.32 Å². The number of hydrogen-bond donors (Lipinski definition) is 1. The second-order valence-electron chi connectivity index (χ2n) is 3.91. The van der Waals surface area contributed by atoms with Crippen molar-refractivity contribution in [3.05, 3.63) is 0 Å². The van der Waals surface area contributed by atoms with Crippen LogP contribution in [0.25, 0.3) is 0 Å². The molecule has 0 saturated carbocycles. The molecule has 2 heteroatoms. The van der Waals surface area contributed by atoms with E-state index in [1.54, 1.807) is 0 Å². The van der Waals surface area contributed by atoms with Gasteiger partial charge in [0, 0.05) is 13.1 Å². The Balaban J connectivity index is 0. The first-order valence-electron chi connectivity index (χ1n) is 7.20. The molecule has 1 N–H and O–H groups in total. The topological polar surface area (TPSA) is 15.3 Å². The lowest BCUT2D eigenvalue weighted by Crippen LogP contribution is -2.27. The lowest BCUT2D eigenvalue weighted by Gasteiger charge is -2.20. The van der Waals surface area contributed by atoms with Crippen LogP contribution in [0, 0.1) is 5.41 Å². The van der Waals surface area contributed by atoms with E-state index in [-0.39, 0.29) is 0 Å². The van der Waals surface area contributed by atoms with Crippen LogP contribution in [0.3, 0.4) is 0 Å². The summed E-state index contributed by atoms with van der Waals surface area (Å²) in [5.41, 5.74) is 0.675. The molecule has 100 valence electrons. The van der Waals surface area contributed by atoms with Crippen LogP contribution >= 0.6 is 0 Å². The van der Waals surface area contributed by atoms with E-state index in [4.69, 9.17) is 0 Å². The third kappa shape index (κ3) is 5.86. The number of rotatable bonds is 0. The average Bonchev–Trinajstić information content (AvgIpc) is 2.98. The number of hydrogen-bond acceptors (Lipinski definition) is 2. The molecule has 0 aliphatic carbocycles. The Labute approximate surface area is 104 Å². The summed E-state index contributed by atoms with van der Waals surface area (Å²) in [5.74, 6) is 0. The summed E-state index contributed by atoms with van der Waals surface area (Å²) in [6.45, 7) is 17.1. The fourth-order valence-corrected chi connectivity index (χ4v) is 2.30. The molecule has 1 unspecified atom stereocenters. The summed E-state index contributed by atoms with van der Waals surface area (Å²) in [6, 6.07) is 0. The van der Waals surface area contributed by atoms with E-state index < -0.39 is 0 Å². The van der Waals surface area contributed by atoms with Gasteiger partial charge in [0.05, 0.1) is 0 Å². The first-order valence-corrected chi connectivity index (χ1v) is 7.20. The molecule has 1 atom stereocenters. The molecule has 0 amide bonds. The molecule has 0 aromatic carbocycles. The Morgan fingerprint density at radius 1 is 0.938 bits per heavy atom. The smallest absolute Gasteiger partial charge is 0.00481 e. The summed E-state index contributed by atoms with van der Waals surface area (Å²) < 4.78 is 0. The van der Waals surface area contributed by atoms with E-state index in [2.05, 4.69) is 17.3 Å². The SMILES string of the molecule is CC.CC.CC.CN1CCC2(CCNC2)C1. The van der Waals surface area contributed by atoms with Crippen molar-refractivity contribution in [2.75, 3.05) is 33.2 Å². The van der Waals surface area contributed by atoms with Gasteiger partial charge in [-0.15, -0.1) is 0 Å². The highest BCUT2D eigenvalue weighted by Gasteiger charge is 2.38. The zero-order valence-corrected chi connectivity index (χ0v) is 12.7. The first kappa shape index (κ1) is 18.3. The Kier molecular flexibility index (Phi) is 13.0. The van der Waals surface area contributed by atoms with Crippen molar-refractivity contribution >= 4 is 0 Å². The summed E-state index contributed by atoms with van der Waals surface area (Å²) >= 11 is 0. The molecule has 0 aromatic heterocycles. The van der Waals surface area contributed by atoms with Crippen LogP contribution in [0.1, 0.15) is 54.4 Å². The molecule has 16 heavy (non-hydrogen) atoms. The average molecular weight is 230 g/mol. The van der Waals surface area contributed by atoms with Crippen molar-refractivity contribution in [1.29, 1.82) is 0 Å². The Morgan fingerprint density at radius 3 is 1.81 bits per heavy atom. The molecular formula is C14H34N2. The fourth-order valence-electron chi connectivity index (χ4n) is 2.30. The van der Waals surface area contributed by atoms with E-state index in [0.717, 1.165) is 0 Å². The van der Waals surface area contributed by atoms with Gasteiger partial charge in [0.1, 0.15) is 0 Å². The molecule has 2 saturated heterocycles. The quantitative estimate of drug-likeness (QED) is 0.686. The van der Waals surface area contributed by atoms with Crippen molar-refractivity contribution in [2.45, 2.75) is 54.4 Å². The van der Waals surface area contributed by atoms with Gasteiger partial charge in [-0.3, -0.25) is 0 Å². The summed E-state index contributed by atoms with van der Waals surface area (Å²) in [7, 11) is 2.23. The zero-order valence-electron chi connectivity index (χ0n) is 12.7. The van der Waals surface area contributed by atoms with Crippen LogP contribution in [-0.2, 0) is 0 Å². The minimum atomic E-state index is 0.675. The maximum absolute atomic E-state index is 3.45. The Morgan fingerprint density at radius 2 is 1.50 bits per heavy atom. The number of nitrogens with zero attached hydrogens (tertiary/aromatic N) is 1. The van der Waals surface area contributed by atoms with Gasteiger partial charge in [-0.25, -0.2) is 0 Å². The van der Waals surface area contributed by atoms with E-state index in [9.17, 15) is 0 Å². The van der Waals surface area contributed by atoms with Gasteiger partial charge in [0.2, 0.25) is 0 Å². The maximum atomic E-state index is 3.45. The van der Waals surface area contributed by atoms with Gasteiger partial charge >= 0.3 is 0 Å². The van der Waals surface area contributed by atoms with E-state index in [1.165, 1.54) is 39.0 Å². The standard InChI is InChI=1S/C8H16N2.3C2H6/c1-10-5-3-8(7-10)2-4-9-6-8;3*1-2/h9H,2-7H2,1H3;3*1-2H3. The molecule has 2 heterocycles. The van der Waals surface area contributed by atoms with E-state index >= 15 is 0 Å². The third-order valence-electron chi connectivity index (χ3n) is 2.96. The lowest BCUT2D eigenvalue weighted by atomic mass is 9.87. The largest absolute Gasteiger partial charge is 0.316 e. The first-order chi connectivity index (χ1) is 7.81. The predicted octanol–water partition coefficient (Wildman–Crippen LogP) is 3.38. The van der Waals surface area contributed by atoms with Crippen LogP contribution in [0.4, 0.5) is 0 Å². The van der Waals surface area contributed by atoms with Crippen LogP contribution in [-0.4, -0.2) is 38.1 Å². The molecular weight excluding hydrogens is 196 g/mol. The Bertz CT molecular complexity index is 129. The summed E-state index contributed by atoms with van der Waals surface area (Å²) in [6.07, 6.45) is 2.81. The highest BCUT2D eigenvalue weighted by molar-refractivity contribution is 4.94. The van der Waals surface area contributed by atoms with E-state index in [1.807, 2.05) is 41.5 Å². The van der Waals surface area contributed by atoms with Crippen LogP contribution in [0.15, 0.2) is 0 Å². The van der Waals surface area contributed by atoms with Crippen molar-refractivity contribution in [3.8, 4) is 0 Å². The second kappa shape index (κ2) is 11.4. The lowest BCUT2D eigenvalue weighted by molar-refractivity contribution is 0.309.